The van der Waals surface area contributed by atoms with Gasteiger partial charge in [-0.05, 0) is 40.5 Å². The molecule has 0 atom stereocenters. The Morgan fingerprint density at radius 2 is 2.36 bits per heavy atom. The Morgan fingerprint density at radius 1 is 1.64 bits per heavy atom. The first-order valence-corrected chi connectivity index (χ1v) is 4.70. The molecular formula is C7H7NS3. The normalized spacial score (nSPS) is 7.27. The Morgan fingerprint density at radius 3 is 2.82 bits per heavy atom. The maximum absolute atomic E-state index is 4.41. The predicted octanol–water partition coefficient (Wildman–Crippen LogP) is 2.97. The summed E-state index contributed by atoms with van der Waals surface area (Å²) in [4.78, 5) is 3.79. The lowest BCUT2D eigenvalue weighted by atomic mass is 10.3. The van der Waals surface area contributed by atoms with Crippen LogP contribution in [-0.2, 0) is 6.54 Å². The van der Waals surface area contributed by atoms with Gasteiger partial charge in [0.15, 0.2) is 0 Å². The van der Waals surface area contributed by atoms with E-state index in [1.54, 1.807) is 11.3 Å². The van der Waals surface area contributed by atoms with Crippen molar-refractivity contribution in [3.05, 3.63) is 22.4 Å². The van der Waals surface area contributed by atoms with Gasteiger partial charge in [0.1, 0.15) is 0 Å². The molecule has 0 saturated heterocycles. The van der Waals surface area contributed by atoms with Gasteiger partial charge in [0.05, 0.1) is 11.7 Å². The van der Waals surface area contributed by atoms with Gasteiger partial charge in [0.25, 0.3) is 0 Å². The molecule has 0 aromatic carbocycles. The molecule has 0 aliphatic carbocycles. The smallest absolute Gasteiger partial charge is 0.0751 e. The third-order valence-electron chi connectivity index (χ3n) is 0.906. The third-order valence-corrected chi connectivity index (χ3v) is 1.77. The molecule has 11 heavy (non-hydrogen) atoms. The second-order valence-corrected chi connectivity index (χ2v) is 2.50. The lowest BCUT2D eigenvalue weighted by Crippen LogP contribution is -1.70. The zero-order chi connectivity index (χ0) is 8.53. The summed E-state index contributed by atoms with van der Waals surface area (Å²) in [7, 11) is 0. The zero-order valence-electron chi connectivity index (χ0n) is 5.82. The molecule has 0 fully saturated rings. The first-order valence-electron chi connectivity index (χ1n) is 2.77. The molecule has 1 heterocycles. The first-order chi connectivity index (χ1) is 5.43. The molecule has 0 spiro atoms. The summed E-state index contributed by atoms with van der Waals surface area (Å²) in [6, 6.07) is 2.03. The molecule has 1 rings (SSSR count). The SMILES string of the molecule is C=S.S=C=NCc1ccsc1. The highest BCUT2D eigenvalue weighted by atomic mass is 32.1. The summed E-state index contributed by atoms with van der Waals surface area (Å²) in [6.45, 7) is 0.674. The van der Waals surface area contributed by atoms with Crippen molar-refractivity contribution >= 4 is 46.8 Å². The van der Waals surface area contributed by atoms with Crippen molar-refractivity contribution in [1.82, 2.24) is 0 Å². The fourth-order valence-corrected chi connectivity index (χ4v) is 1.23. The van der Waals surface area contributed by atoms with Crippen molar-refractivity contribution in [3.63, 3.8) is 0 Å². The second kappa shape index (κ2) is 7.69. The highest BCUT2D eigenvalue weighted by molar-refractivity contribution is 7.78. The number of aliphatic imine (C=N–C) groups is 1. The largest absolute Gasteiger partial charge is 0.228 e. The van der Waals surface area contributed by atoms with E-state index >= 15 is 0 Å². The number of hydrogen-bond acceptors (Lipinski definition) is 4. The van der Waals surface area contributed by atoms with Crippen LogP contribution in [0, 0.1) is 0 Å². The molecule has 1 aromatic rings. The van der Waals surface area contributed by atoms with Crippen molar-refractivity contribution in [2.45, 2.75) is 6.54 Å². The van der Waals surface area contributed by atoms with E-state index in [1.807, 2.05) is 11.4 Å². The summed E-state index contributed by atoms with van der Waals surface area (Å²) in [5.74, 6) is 2.83. The van der Waals surface area contributed by atoms with E-state index in [9.17, 15) is 0 Å². The van der Waals surface area contributed by atoms with E-state index in [2.05, 4.69) is 45.8 Å². The quantitative estimate of drug-likeness (QED) is 0.539. The van der Waals surface area contributed by atoms with Gasteiger partial charge < -0.3 is 0 Å². The number of thiophene rings is 1. The van der Waals surface area contributed by atoms with Gasteiger partial charge in [-0.2, -0.15) is 11.3 Å². The van der Waals surface area contributed by atoms with Crippen LogP contribution in [0.2, 0.25) is 0 Å². The summed E-state index contributed by atoms with van der Waals surface area (Å²) in [5.41, 5.74) is 1.21. The van der Waals surface area contributed by atoms with Crippen LogP contribution in [0.15, 0.2) is 21.8 Å². The standard InChI is InChI=1S/C6H5NS2.CH2S/c8-5-7-3-6-1-2-9-4-6;1-2/h1-2,4H,3H2;1H2. The summed E-state index contributed by atoms with van der Waals surface area (Å²) in [6.07, 6.45) is 0. The second-order valence-electron chi connectivity index (χ2n) is 1.54. The van der Waals surface area contributed by atoms with Gasteiger partial charge in [-0.15, -0.1) is 0 Å². The van der Waals surface area contributed by atoms with Crippen LogP contribution in [0.5, 0.6) is 0 Å². The Kier molecular flexibility index (Phi) is 7.41. The van der Waals surface area contributed by atoms with E-state index < -0.39 is 0 Å². The Hall–Kier alpha value is -0.410. The van der Waals surface area contributed by atoms with Crippen LogP contribution in [0.1, 0.15) is 5.56 Å². The van der Waals surface area contributed by atoms with Crippen LogP contribution in [0.4, 0.5) is 0 Å². The van der Waals surface area contributed by atoms with Crippen LogP contribution < -0.4 is 0 Å². The molecule has 0 unspecified atom stereocenters. The summed E-state index contributed by atoms with van der Waals surface area (Å²) < 4.78 is 0. The van der Waals surface area contributed by atoms with Crippen molar-refractivity contribution in [2.24, 2.45) is 4.99 Å². The zero-order valence-corrected chi connectivity index (χ0v) is 8.27. The summed E-state index contributed by atoms with van der Waals surface area (Å²) >= 11 is 9.91. The molecule has 1 aromatic heterocycles. The maximum Gasteiger partial charge on any atom is 0.0751 e. The number of hydrogen-bond donors (Lipinski definition) is 0. The summed E-state index contributed by atoms with van der Waals surface area (Å²) in [5, 5.41) is 6.39. The lowest BCUT2D eigenvalue weighted by Gasteiger charge is -1.81. The number of thiocarbonyl (C=S) groups is 2. The van der Waals surface area contributed by atoms with Gasteiger partial charge in [0, 0.05) is 0 Å². The minimum Gasteiger partial charge on any atom is -0.228 e. The average molecular weight is 201 g/mol. The lowest BCUT2D eigenvalue weighted by molar-refractivity contribution is 1.09. The van der Waals surface area contributed by atoms with E-state index in [-0.39, 0.29) is 0 Å². The number of rotatable bonds is 2. The minimum atomic E-state index is 0.674. The van der Waals surface area contributed by atoms with Gasteiger partial charge in [0.2, 0.25) is 0 Å². The topological polar surface area (TPSA) is 12.4 Å². The molecule has 0 aliphatic rings. The van der Waals surface area contributed by atoms with E-state index in [4.69, 9.17) is 0 Å². The molecule has 0 bridgehead atoms. The van der Waals surface area contributed by atoms with Crippen LogP contribution in [0.25, 0.3) is 0 Å². The first kappa shape index (κ1) is 10.6. The van der Waals surface area contributed by atoms with Crippen LogP contribution >= 0.6 is 35.8 Å². The van der Waals surface area contributed by atoms with Crippen molar-refractivity contribution in [3.8, 4) is 0 Å². The van der Waals surface area contributed by atoms with Crippen molar-refractivity contribution < 1.29 is 0 Å². The Balaban J connectivity index is 0.000000461. The molecule has 1 nitrogen and oxygen atoms in total. The van der Waals surface area contributed by atoms with E-state index in [1.165, 1.54) is 5.56 Å². The number of isothiocyanates is 1. The predicted molar refractivity (Wildman–Crippen MR) is 57.8 cm³/mol. The van der Waals surface area contributed by atoms with Gasteiger partial charge in [-0.1, -0.05) is 12.2 Å². The highest BCUT2D eigenvalue weighted by Gasteiger charge is 1.86. The average Bonchev–Trinajstić information content (AvgIpc) is 2.57. The van der Waals surface area contributed by atoms with Crippen LogP contribution in [0.3, 0.4) is 0 Å². The Labute approximate surface area is 80.8 Å². The molecule has 0 saturated carbocycles. The molecule has 0 N–H and O–H groups in total. The van der Waals surface area contributed by atoms with E-state index in [0.717, 1.165) is 0 Å². The van der Waals surface area contributed by atoms with Gasteiger partial charge >= 0.3 is 0 Å². The molecular weight excluding hydrogens is 194 g/mol. The monoisotopic (exact) mass is 201 g/mol. The molecule has 0 aliphatic heterocycles. The van der Waals surface area contributed by atoms with E-state index in [0.29, 0.717) is 6.54 Å². The van der Waals surface area contributed by atoms with Gasteiger partial charge in [-0.3, -0.25) is 0 Å². The minimum absolute atomic E-state index is 0.674. The Bertz CT molecular complexity index is 224. The highest BCUT2D eigenvalue weighted by Crippen LogP contribution is 2.05. The maximum atomic E-state index is 4.41. The van der Waals surface area contributed by atoms with Gasteiger partial charge in [-0.25, -0.2) is 4.99 Å². The fourth-order valence-electron chi connectivity index (χ4n) is 0.506. The molecule has 58 valence electrons. The van der Waals surface area contributed by atoms with Crippen molar-refractivity contribution in [1.29, 1.82) is 0 Å². The van der Waals surface area contributed by atoms with Crippen molar-refractivity contribution in [2.75, 3.05) is 0 Å². The fraction of sp³-hybridized carbons (Fsp3) is 0.143. The molecule has 4 heteroatoms. The molecule has 0 radical (unpaired) electrons. The molecule has 0 amide bonds. The number of nitrogens with zero attached hydrogens (tertiary/aromatic N) is 1. The van der Waals surface area contributed by atoms with Crippen LogP contribution in [-0.4, -0.2) is 11.0 Å². The third kappa shape index (κ3) is 4.93.